The van der Waals surface area contributed by atoms with Crippen molar-refractivity contribution < 1.29 is 5.11 Å². The van der Waals surface area contributed by atoms with Crippen molar-refractivity contribution in [2.45, 2.75) is 31.9 Å². The fraction of sp³-hybridized carbons (Fsp3) is 0.727. The van der Waals surface area contributed by atoms with Crippen molar-refractivity contribution in [2.24, 2.45) is 13.0 Å². The van der Waals surface area contributed by atoms with Crippen LogP contribution in [0.15, 0.2) is 12.3 Å². The lowest BCUT2D eigenvalue weighted by Crippen LogP contribution is -2.27. The molecule has 0 bridgehead atoms. The maximum absolute atomic E-state index is 9.63. The average Bonchev–Trinajstić information content (AvgIpc) is 2.77. The molecule has 0 radical (unpaired) electrons. The number of rotatable bonds is 4. The van der Waals surface area contributed by atoms with Gasteiger partial charge in [-0.1, -0.05) is 6.42 Å². The summed E-state index contributed by atoms with van der Waals surface area (Å²) < 4.78 is 1.81. The normalized spacial score (nSPS) is 26.0. The van der Waals surface area contributed by atoms with Gasteiger partial charge in [-0.2, -0.15) is 5.10 Å². The van der Waals surface area contributed by atoms with E-state index in [1.54, 1.807) is 4.68 Å². The first-order valence-electron chi connectivity index (χ1n) is 5.63. The van der Waals surface area contributed by atoms with E-state index in [0.29, 0.717) is 5.92 Å². The highest BCUT2D eigenvalue weighted by molar-refractivity contribution is 4.98. The Bertz CT molecular complexity index is 311. The number of aliphatic hydroxyl groups excluding tert-OH is 1. The predicted octanol–water partition coefficient (Wildman–Crippen LogP) is 0.671. The van der Waals surface area contributed by atoms with Gasteiger partial charge in [-0.25, -0.2) is 0 Å². The zero-order chi connectivity index (χ0) is 10.7. The summed E-state index contributed by atoms with van der Waals surface area (Å²) in [5, 5.41) is 17.3. The van der Waals surface area contributed by atoms with Crippen LogP contribution in [0.2, 0.25) is 0 Å². The van der Waals surface area contributed by atoms with E-state index < -0.39 is 0 Å². The Hall–Kier alpha value is -0.870. The zero-order valence-electron chi connectivity index (χ0n) is 9.19. The van der Waals surface area contributed by atoms with Crippen molar-refractivity contribution in [1.29, 1.82) is 0 Å². The quantitative estimate of drug-likeness (QED) is 0.766. The molecule has 4 heteroatoms. The summed E-state index contributed by atoms with van der Waals surface area (Å²) in [6, 6.07) is 2.01. The minimum absolute atomic E-state index is 0.0961. The van der Waals surface area contributed by atoms with E-state index in [9.17, 15) is 5.11 Å². The first kappa shape index (κ1) is 10.6. The minimum atomic E-state index is -0.0961. The second-order valence-corrected chi connectivity index (χ2v) is 4.37. The fourth-order valence-electron chi connectivity index (χ4n) is 2.20. The molecule has 2 unspecified atom stereocenters. The van der Waals surface area contributed by atoms with Gasteiger partial charge < -0.3 is 10.4 Å². The Morgan fingerprint density at radius 2 is 2.47 bits per heavy atom. The molecule has 0 saturated heterocycles. The van der Waals surface area contributed by atoms with Crippen LogP contribution < -0.4 is 5.32 Å². The lowest BCUT2D eigenvalue weighted by Gasteiger charge is -2.14. The largest absolute Gasteiger partial charge is 0.393 e. The Balaban J connectivity index is 1.70. The summed E-state index contributed by atoms with van der Waals surface area (Å²) in [6.07, 6.45) is 5.13. The standard InChI is InChI=1S/C11H19N3O/c1-14-6-5-10(13-14)8-12-7-9-3-2-4-11(9)15/h5-6,9,11-12,15H,2-4,7-8H2,1H3. The van der Waals surface area contributed by atoms with Crippen LogP contribution in [0, 0.1) is 5.92 Å². The lowest BCUT2D eigenvalue weighted by atomic mass is 10.1. The molecule has 1 saturated carbocycles. The number of aromatic nitrogens is 2. The van der Waals surface area contributed by atoms with Gasteiger partial charge in [-0.3, -0.25) is 4.68 Å². The molecule has 2 N–H and O–H groups in total. The van der Waals surface area contributed by atoms with E-state index in [2.05, 4.69) is 10.4 Å². The maximum Gasteiger partial charge on any atom is 0.0762 e. The number of aliphatic hydroxyl groups is 1. The molecule has 4 nitrogen and oxygen atoms in total. The molecule has 0 spiro atoms. The van der Waals surface area contributed by atoms with E-state index in [4.69, 9.17) is 0 Å². The van der Waals surface area contributed by atoms with Crippen molar-refractivity contribution in [2.75, 3.05) is 6.54 Å². The summed E-state index contributed by atoms with van der Waals surface area (Å²) >= 11 is 0. The van der Waals surface area contributed by atoms with Crippen molar-refractivity contribution >= 4 is 0 Å². The van der Waals surface area contributed by atoms with E-state index in [-0.39, 0.29) is 6.10 Å². The number of nitrogens with one attached hydrogen (secondary N) is 1. The van der Waals surface area contributed by atoms with Crippen molar-refractivity contribution in [3.05, 3.63) is 18.0 Å². The maximum atomic E-state index is 9.63. The summed E-state index contributed by atoms with van der Waals surface area (Å²) in [7, 11) is 1.92. The summed E-state index contributed by atoms with van der Waals surface area (Å²) in [4.78, 5) is 0. The molecular formula is C11H19N3O. The third kappa shape index (κ3) is 2.79. The molecule has 1 aromatic heterocycles. The van der Waals surface area contributed by atoms with Crippen LogP contribution in [-0.2, 0) is 13.6 Å². The highest BCUT2D eigenvalue weighted by Crippen LogP contribution is 2.24. The van der Waals surface area contributed by atoms with E-state index in [1.807, 2.05) is 19.3 Å². The van der Waals surface area contributed by atoms with Gasteiger partial charge in [0.25, 0.3) is 0 Å². The number of aryl methyl sites for hydroxylation is 1. The Labute approximate surface area is 90.3 Å². The Morgan fingerprint density at radius 1 is 1.60 bits per heavy atom. The highest BCUT2D eigenvalue weighted by Gasteiger charge is 2.24. The van der Waals surface area contributed by atoms with Gasteiger partial charge in [-0.05, 0) is 24.8 Å². The molecular weight excluding hydrogens is 190 g/mol. The third-order valence-electron chi connectivity index (χ3n) is 3.10. The molecule has 0 aliphatic heterocycles. The highest BCUT2D eigenvalue weighted by atomic mass is 16.3. The summed E-state index contributed by atoms with van der Waals surface area (Å²) in [5.41, 5.74) is 1.06. The Morgan fingerprint density at radius 3 is 3.07 bits per heavy atom. The molecule has 2 atom stereocenters. The first-order valence-corrected chi connectivity index (χ1v) is 5.63. The molecule has 15 heavy (non-hydrogen) atoms. The molecule has 1 aromatic rings. The van der Waals surface area contributed by atoms with Crippen LogP contribution in [-0.4, -0.2) is 27.5 Å². The average molecular weight is 209 g/mol. The molecule has 0 amide bonds. The van der Waals surface area contributed by atoms with Crippen molar-refractivity contribution in [1.82, 2.24) is 15.1 Å². The molecule has 84 valence electrons. The van der Waals surface area contributed by atoms with Gasteiger partial charge in [0.2, 0.25) is 0 Å². The van der Waals surface area contributed by atoms with Gasteiger partial charge in [0, 0.05) is 26.3 Å². The van der Waals surface area contributed by atoms with Gasteiger partial charge in [-0.15, -0.1) is 0 Å². The van der Waals surface area contributed by atoms with Gasteiger partial charge in [0.1, 0.15) is 0 Å². The van der Waals surface area contributed by atoms with Crippen LogP contribution in [0.25, 0.3) is 0 Å². The lowest BCUT2D eigenvalue weighted by molar-refractivity contribution is 0.131. The monoisotopic (exact) mass is 209 g/mol. The molecule has 1 fully saturated rings. The summed E-state index contributed by atoms with van der Waals surface area (Å²) in [6.45, 7) is 1.70. The number of hydrogen-bond acceptors (Lipinski definition) is 3. The molecule has 1 aliphatic rings. The molecule has 1 heterocycles. The van der Waals surface area contributed by atoms with Crippen molar-refractivity contribution in [3.8, 4) is 0 Å². The van der Waals surface area contributed by atoms with Crippen LogP contribution in [0.1, 0.15) is 25.0 Å². The van der Waals surface area contributed by atoms with Gasteiger partial charge in [0.15, 0.2) is 0 Å². The van der Waals surface area contributed by atoms with Crippen LogP contribution >= 0.6 is 0 Å². The predicted molar refractivity (Wildman–Crippen MR) is 58.3 cm³/mol. The smallest absolute Gasteiger partial charge is 0.0762 e. The van der Waals surface area contributed by atoms with E-state index >= 15 is 0 Å². The number of hydrogen-bond donors (Lipinski definition) is 2. The fourth-order valence-corrected chi connectivity index (χ4v) is 2.20. The molecule has 1 aliphatic carbocycles. The van der Waals surface area contributed by atoms with Crippen LogP contribution in [0.5, 0.6) is 0 Å². The SMILES string of the molecule is Cn1ccc(CNCC2CCCC2O)n1. The molecule has 0 aromatic carbocycles. The minimum Gasteiger partial charge on any atom is -0.393 e. The second kappa shape index (κ2) is 4.77. The molecule has 2 rings (SSSR count). The van der Waals surface area contributed by atoms with Crippen LogP contribution in [0.4, 0.5) is 0 Å². The van der Waals surface area contributed by atoms with E-state index in [1.165, 1.54) is 0 Å². The topological polar surface area (TPSA) is 50.1 Å². The van der Waals surface area contributed by atoms with Gasteiger partial charge >= 0.3 is 0 Å². The number of nitrogens with zero attached hydrogens (tertiary/aromatic N) is 2. The van der Waals surface area contributed by atoms with Gasteiger partial charge in [0.05, 0.1) is 11.8 Å². The Kier molecular flexibility index (Phi) is 3.38. The third-order valence-corrected chi connectivity index (χ3v) is 3.10. The zero-order valence-corrected chi connectivity index (χ0v) is 9.19. The first-order chi connectivity index (χ1) is 7.25. The summed E-state index contributed by atoms with van der Waals surface area (Å²) in [5.74, 6) is 0.439. The second-order valence-electron chi connectivity index (χ2n) is 4.37. The van der Waals surface area contributed by atoms with Crippen LogP contribution in [0.3, 0.4) is 0 Å². The van der Waals surface area contributed by atoms with Crippen molar-refractivity contribution in [3.63, 3.8) is 0 Å². The van der Waals surface area contributed by atoms with E-state index in [0.717, 1.165) is 38.0 Å².